The summed E-state index contributed by atoms with van der Waals surface area (Å²) in [6.45, 7) is -0.310. The summed E-state index contributed by atoms with van der Waals surface area (Å²) in [4.78, 5) is 12.8. The van der Waals surface area contributed by atoms with Gasteiger partial charge in [-0.2, -0.15) is 0 Å². The molecular weight excluding hydrogens is 217 g/mol. The van der Waals surface area contributed by atoms with E-state index in [1.807, 2.05) is 4.98 Å². The van der Waals surface area contributed by atoms with Crippen molar-refractivity contribution in [2.45, 2.75) is 12.9 Å². The molecule has 1 heterocycles. The van der Waals surface area contributed by atoms with Crippen molar-refractivity contribution in [1.82, 2.24) is 4.98 Å². The van der Waals surface area contributed by atoms with Gasteiger partial charge in [-0.3, -0.25) is 4.79 Å². The summed E-state index contributed by atoms with van der Waals surface area (Å²) in [5.41, 5.74) is 3.88. The van der Waals surface area contributed by atoms with E-state index in [0.29, 0.717) is 0 Å². The molecule has 4 N–H and O–H groups in total. The van der Waals surface area contributed by atoms with Crippen molar-refractivity contribution in [3.05, 3.63) is 22.1 Å². The minimum atomic E-state index is -4.99. The summed E-state index contributed by atoms with van der Waals surface area (Å²) in [6, 6.07) is 0. The Morgan fingerprint density at radius 1 is 1.53 bits per heavy atom. The molecule has 0 fully saturated rings. The van der Waals surface area contributed by atoms with E-state index in [1.54, 1.807) is 0 Å². The van der Waals surface area contributed by atoms with E-state index in [1.165, 1.54) is 0 Å². The van der Waals surface area contributed by atoms with Crippen LogP contribution >= 0.6 is 0 Å². The van der Waals surface area contributed by atoms with Crippen molar-refractivity contribution < 1.29 is 23.0 Å². The molecule has 0 amide bonds. The van der Waals surface area contributed by atoms with E-state index < -0.39 is 23.4 Å². The monoisotopic (exact) mass is 224 g/mol. The molecule has 0 spiro atoms. The molecule has 1 aromatic rings. The number of ether oxygens (including phenoxy) is 1. The van der Waals surface area contributed by atoms with Gasteiger partial charge in [-0.15, -0.1) is 13.2 Å². The highest BCUT2D eigenvalue weighted by molar-refractivity contribution is 5.42. The van der Waals surface area contributed by atoms with Gasteiger partial charge in [0.15, 0.2) is 5.75 Å². The van der Waals surface area contributed by atoms with Gasteiger partial charge in [0.25, 0.3) is 5.56 Å². The second-order valence-electron chi connectivity index (χ2n) is 2.57. The first-order chi connectivity index (χ1) is 6.85. The first kappa shape index (κ1) is 11.4. The molecule has 0 aliphatic heterocycles. The molecule has 0 aliphatic rings. The van der Waals surface area contributed by atoms with Crippen LogP contribution in [-0.2, 0) is 6.54 Å². The SMILES string of the molecule is NCc1c[nH]c(=O)c(O)c1OC(F)(F)F. The van der Waals surface area contributed by atoms with Gasteiger partial charge in [0, 0.05) is 18.3 Å². The molecule has 0 unspecified atom stereocenters. The number of nitrogens with one attached hydrogen (secondary N) is 1. The Hall–Kier alpha value is -1.70. The van der Waals surface area contributed by atoms with Crippen LogP contribution in [0.2, 0.25) is 0 Å². The minimum Gasteiger partial charge on any atom is -0.500 e. The number of alkyl halides is 3. The molecule has 0 saturated heterocycles. The van der Waals surface area contributed by atoms with Crippen molar-refractivity contribution in [3.63, 3.8) is 0 Å². The third kappa shape index (κ3) is 2.62. The molecule has 8 heteroatoms. The van der Waals surface area contributed by atoms with Crippen LogP contribution in [0, 0.1) is 0 Å². The highest BCUT2D eigenvalue weighted by atomic mass is 19.4. The molecule has 1 aromatic heterocycles. The molecule has 84 valence electrons. The lowest BCUT2D eigenvalue weighted by atomic mass is 10.2. The van der Waals surface area contributed by atoms with Crippen LogP contribution in [-0.4, -0.2) is 16.5 Å². The van der Waals surface area contributed by atoms with Crippen LogP contribution in [0.15, 0.2) is 11.0 Å². The maximum Gasteiger partial charge on any atom is 0.573 e. The third-order valence-electron chi connectivity index (χ3n) is 1.54. The van der Waals surface area contributed by atoms with Crippen molar-refractivity contribution in [2.24, 2.45) is 5.73 Å². The summed E-state index contributed by atoms with van der Waals surface area (Å²) in [6.07, 6.45) is -4.04. The first-order valence-corrected chi connectivity index (χ1v) is 3.74. The van der Waals surface area contributed by atoms with Gasteiger partial charge in [-0.25, -0.2) is 0 Å². The van der Waals surface area contributed by atoms with Gasteiger partial charge in [-0.1, -0.05) is 0 Å². The molecule has 5 nitrogen and oxygen atoms in total. The Balaban J connectivity index is 3.24. The zero-order valence-electron chi connectivity index (χ0n) is 7.26. The number of aromatic nitrogens is 1. The van der Waals surface area contributed by atoms with E-state index in [4.69, 9.17) is 10.8 Å². The Morgan fingerprint density at radius 3 is 2.60 bits per heavy atom. The average Bonchev–Trinajstić information content (AvgIpc) is 2.11. The molecule has 0 bridgehead atoms. The lowest BCUT2D eigenvalue weighted by Crippen LogP contribution is -2.21. The van der Waals surface area contributed by atoms with Crippen molar-refractivity contribution in [2.75, 3.05) is 0 Å². The van der Waals surface area contributed by atoms with Gasteiger partial charge < -0.3 is 20.6 Å². The van der Waals surface area contributed by atoms with Crippen LogP contribution in [0.3, 0.4) is 0 Å². The average molecular weight is 224 g/mol. The van der Waals surface area contributed by atoms with Crippen molar-refractivity contribution in [1.29, 1.82) is 0 Å². The number of aromatic hydroxyl groups is 1. The molecule has 0 aliphatic carbocycles. The second kappa shape index (κ2) is 3.81. The standard InChI is InChI=1S/C7H7F3N2O3/c8-7(9,10)15-5-3(1-11)2-12-6(14)4(5)13/h2,13H,1,11H2,(H,12,14). The quantitative estimate of drug-likeness (QED) is 0.680. The maximum absolute atomic E-state index is 11.9. The zero-order valence-corrected chi connectivity index (χ0v) is 7.26. The van der Waals surface area contributed by atoms with Crippen molar-refractivity contribution >= 4 is 0 Å². The zero-order chi connectivity index (χ0) is 11.6. The summed E-state index contributed by atoms with van der Waals surface area (Å²) in [5.74, 6) is -2.11. The molecule has 0 atom stereocenters. The van der Waals surface area contributed by atoms with E-state index in [9.17, 15) is 18.0 Å². The third-order valence-corrected chi connectivity index (χ3v) is 1.54. The Labute approximate surface area is 81.3 Å². The summed E-state index contributed by atoms with van der Waals surface area (Å²) in [7, 11) is 0. The van der Waals surface area contributed by atoms with Gasteiger partial charge in [-0.05, 0) is 0 Å². The normalized spacial score (nSPS) is 11.5. The number of hydrogen-bond acceptors (Lipinski definition) is 4. The fourth-order valence-electron chi connectivity index (χ4n) is 0.923. The lowest BCUT2D eigenvalue weighted by Gasteiger charge is -2.12. The molecular formula is C7H7F3N2O3. The summed E-state index contributed by atoms with van der Waals surface area (Å²) in [5, 5.41) is 9.05. The fraction of sp³-hybridized carbons (Fsp3) is 0.286. The van der Waals surface area contributed by atoms with Crippen LogP contribution in [0.25, 0.3) is 0 Å². The van der Waals surface area contributed by atoms with Crippen LogP contribution < -0.4 is 16.0 Å². The second-order valence-corrected chi connectivity index (χ2v) is 2.57. The lowest BCUT2D eigenvalue weighted by molar-refractivity contribution is -0.275. The van der Waals surface area contributed by atoms with E-state index >= 15 is 0 Å². The number of hydrogen-bond donors (Lipinski definition) is 3. The Kier molecular flexibility index (Phi) is 2.89. The van der Waals surface area contributed by atoms with Gasteiger partial charge in [0.1, 0.15) is 0 Å². The van der Waals surface area contributed by atoms with E-state index in [2.05, 4.69) is 4.74 Å². The van der Waals surface area contributed by atoms with Gasteiger partial charge in [0.05, 0.1) is 0 Å². The minimum absolute atomic E-state index is 0.149. The Morgan fingerprint density at radius 2 is 2.13 bits per heavy atom. The largest absolute Gasteiger partial charge is 0.573 e. The fourth-order valence-corrected chi connectivity index (χ4v) is 0.923. The van der Waals surface area contributed by atoms with Crippen LogP contribution in [0.4, 0.5) is 13.2 Å². The van der Waals surface area contributed by atoms with Crippen LogP contribution in [0.1, 0.15) is 5.56 Å². The smallest absolute Gasteiger partial charge is 0.500 e. The molecule has 0 radical (unpaired) electrons. The van der Waals surface area contributed by atoms with E-state index in [0.717, 1.165) is 6.20 Å². The number of halogens is 3. The summed E-state index contributed by atoms with van der Waals surface area (Å²) < 4.78 is 39.1. The predicted molar refractivity (Wildman–Crippen MR) is 43.3 cm³/mol. The van der Waals surface area contributed by atoms with Gasteiger partial charge >= 0.3 is 6.36 Å². The molecule has 0 aromatic carbocycles. The topological polar surface area (TPSA) is 88.3 Å². The molecule has 0 saturated carbocycles. The first-order valence-electron chi connectivity index (χ1n) is 3.74. The Bertz CT molecular complexity index is 413. The molecule has 1 rings (SSSR count). The van der Waals surface area contributed by atoms with E-state index in [-0.39, 0.29) is 12.1 Å². The highest BCUT2D eigenvalue weighted by Gasteiger charge is 2.34. The summed E-state index contributed by atoms with van der Waals surface area (Å²) >= 11 is 0. The highest BCUT2D eigenvalue weighted by Crippen LogP contribution is 2.31. The number of pyridine rings is 1. The maximum atomic E-state index is 11.9. The predicted octanol–water partition coefficient (Wildman–Crippen LogP) is 0.438. The number of aromatic amines is 1. The number of rotatable bonds is 2. The number of nitrogens with two attached hydrogens (primary N) is 1. The van der Waals surface area contributed by atoms with Crippen LogP contribution in [0.5, 0.6) is 11.5 Å². The van der Waals surface area contributed by atoms with Crippen molar-refractivity contribution in [3.8, 4) is 11.5 Å². The number of H-pyrrole nitrogens is 1. The molecule has 15 heavy (non-hydrogen) atoms. The van der Waals surface area contributed by atoms with Gasteiger partial charge in [0.2, 0.25) is 5.75 Å².